The summed E-state index contributed by atoms with van der Waals surface area (Å²) in [5, 5.41) is 30.1. The molecule has 34 heavy (non-hydrogen) atoms. The number of hydrogen-bond acceptors (Lipinski definition) is 5. The number of hydrogen-bond donors (Lipinski definition) is 3. The summed E-state index contributed by atoms with van der Waals surface area (Å²) in [5.41, 5.74) is 7.47. The van der Waals surface area contributed by atoms with Gasteiger partial charge in [-0.2, -0.15) is 0 Å². The van der Waals surface area contributed by atoms with Crippen molar-refractivity contribution in [2.45, 2.75) is 34.6 Å². The number of aryl methyl sites for hydroxylation is 5. The van der Waals surface area contributed by atoms with Gasteiger partial charge >= 0.3 is 0 Å². The first-order valence-electron chi connectivity index (χ1n) is 11.1. The van der Waals surface area contributed by atoms with Crippen LogP contribution in [0.5, 0.6) is 28.7 Å². The Hall–Kier alpha value is -4.12. The molecule has 0 aliphatic carbocycles. The molecule has 174 valence electrons. The molecule has 0 radical (unpaired) electrons. The molecule has 0 atom stereocenters. The quantitative estimate of drug-likeness (QED) is 0.289. The van der Waals surface area contributed by atoms with Crippen LogP contribution in [0.2, 0.25) is 0 Å². The summed E-state index contributed by atoms with van der Waals surface area (Å²) >= 11 is 0. The fourth-order valence-electron chi connectivity index (χ4n) is 4.53. The second-order valence-electron chi connectivity index (χ2n) is 8.79. The van der Waals surface area contributed by atoms with Crippen LogP contribution in [-0.2, 0) is 0 Å². The molecule has 0 unspecified atom stereocenters. The molecule has 4 aromatic rings. The minimum atomic E-state index is 0.161. The lowest BCUT2D eigenvalue weighted by atomic mass is 10.0. The second-order valence-corrected chi connectivity index (χ2v) is 8.79. The van der Waals surface area contributed by atoms with Gasteiger partial charge < -0.3 is 25.0 Å². The summed E-state index contributed by atoms with van der Waals surface area (Å²) in [4.78, 5) is 2.15. The Labute approximate surface area is 200 Å². The molecule has 0 amide bonds. The van der Waals surface area contributed by atoms with Gasteiger partial charge in [0.05, 0.1) is 11.4 Å². The Morgan fingerprint density at radius 2 is 0.971 bits per heavy atom. The number of phenolic OH excluding ortho intramolecular Hbond substituents is 3. The molecule has 0 saturated carbocycles. The third-order valence-corrected chi connectivity index (χ3v) is 5.77. The number of rotatable bonds is 5. The van der Waals surface area contributed by atoms with E-state index in [0.717, 1.165) is 44.9 Å². The van der Waals surface area contributed by atoms with E-state index in [1.165, 1.54) is 0 Å². The van der Waals surface area contributed by atoms with Crippen molar-refractivity contribution in [3.05, 3.63) is 94.5 Å². The fourth-order valence-corrected chi connectivity index (χ4v) is 4.53. The van der Waals surface area contributed by atoms with Crippen LogP contribution in [0.4, 0.5) is 17.1 Å². The van der Waals surface area contributed by atoms with Crippen molar-refractivity contribution in [1.82, 2.24) is 0 Å². The Kier molecular flexibility index (Phi) is 6.12. The Balaban J connectivity index is 1.82. The highest BCUT2D eigenvalue weighted by atomic mass is 16.5. The van der Waals surface area contributed by atoms with E-state index in [1.54, 1.807) is 36.4 Å². The van der Waals surface area contributed by atoms with Gasteiger partial charge in [-0.1, -0.05) is 0 Å². The summed E-state index contributed by atoms with van der Waals surface area (Å²) in [6, 6.07) is 19.9. The van der Waals surface area contributed by atoms with Crippen molar-refractivity contribution in [1.29, 1.82) is 0 Å². The summed E-state index contributed by atoms with van der Waals surface area (Å²) in [6.07, 6.45) is 0. The SMILES string of the molecule is Cc1cc(O)cc(Oc2ccc(N(c3c(C)cc(O)cc3C)c3c(C)cc(O)cc3C)cc2)c1. The smallest absolute Gasteiger partial charge is 0.131 e. The number of ether oxygens (including phenoxy) is 1. The largest absolute Gasteiger partial charge is 0.508 e. The number of aromatic hydroxyl groups is 3. The van der Waals surface area contributed by atoms with E-state index < -0.39 is 0 Å². The van der Waals surface area contributed by atoms with E-state index in [0.29, 0.717) is 11.5 Å². The summed E-state index contributed by atoms with van der Waals surface area (Å²) in [7, 11) is 0. The molecule has 3 N–H and O–H groups in total. The molecule has 4 aromatic carbocycles. The standard InChI is InChI=1S/C29H29NO4/c1-17-10-23(31)16-27(11-17)34-26-8-6-22(7-9-26)30(28-18(2)12-24(32)13-19(28)3)29-20(4)14-25(33)15-21(29)5/h6-16,31-33H,1-5H3. The van der Waals surface area contributed by atoms with Crippen molar-refractivity contribution in [3.8, 4) is 28.7 Å². The Bertz CT molecular complexity index is 1240. The van der Waals surface area contributed by atoms with Crippen molar-refractivity contribution in [2.75, 3.05) is 4.90 Å². The van der Waals surface area contributed by atoms with Crippen molar-refractivity contribution in [2.24, 2.45) is 0 Å². The van der Waals surface area contributed by atoms with Gasteiger partial charge in [0.25, 0.3) is 0 Å². The van der Waals surface area contributed by atoms with E-state index in [1.807, 2.05) is 65.0 Å². The highest BCUT2D eigenvalue weighted by Crippen LogP contribution is 2.44. The zero-order valence-corrected chi connectivity index (χ0v) is 20.0. The molecule has 0 bridgehead atoms. The maximum atomic E-state index is 10.1. The van der Waals surface area contributed by atoms with E-state index >= 15 is 0 Å². The Morgan fingerprint density at radius 1 is 0.529 bits per heavy atom. The molecule has 0 saturated heterocycles. The average Bonchev–Trinajstić information content (AvgIpc) is 2.71. The first kappa shape index (κ1) is 23.1. The van der Waals surface area contributed by atoms with Gasteiger partial charge in [-0.05, 0) is 123 Å². The molecule has 5 nitrogen and oxygen atoms in total. The highest BCUT2D eigenvalue weighted by Gasteiger charge is 2.21. The van der Waals surface area contributed by atoms with E-state index in [9.17, 15) is 15.3 Å². The van der Waals surface area contributed by atoms with E-state index in [2.05, 4.69) is 4.90 Å². The van der Waals surface area contributed by atoms with Gasteiger partial charge in [-0.15, -0.1) is 0 Å². The van der Waals surface area contributed by atoms with Crippen LogP contribution in [0.25, 0.3) is 0 Å². The zero-order chi connectivity index (χ0) is 24.6. The number of benzene rings is 4. The molecule has 0 heterocycles. The van der Waals surface area contributed by atoms with Crippen LogP contribution in [0.15, 0.2) is 66.7 Å². The molecule has 0 fully saturated rings. The van der Waals surface area contributed by atoms with Gasteiger partial charge in [0.15, 0.2) is 0 Å². The van der Waals surface area contributed by atoms with Crippen LogP contribution in [0.3, 0.4) is 0 Å². The van der Waals surface area contributed by atoms with Crippen molar-refractivity contribution < 1.29 is 20.1 Å². The van der Waals surface area contributed by atoms with Crippen LogP contribution in [-0.4, -0.2) is 15.3 Å². The summed E-state index contributed by atoms with van der Waals surface area (Å²) < 4.78 is 5.97. The number of phenols is 3. The lowest BCUT2D eigenvalue weighted by Crippen LogP contribution is -2.15. The van der Waals surface area contributed by atoms with Gasteiger partial charge in [0.1, 0.15) is 28.7 Å². The van der Waals surface area contributed by atoms with Crippen LogP contribution < -0.4 is 9.64 Å². The number of nitrogens with zero attached hydrogens (tertiary/aromatic N) is 1. The Morgan fingerprint density at radius 3 is 1.41 bits per heavy atom. The molecule has 0 spiro atoms. The molecule has 0 aliphatic rings. The third kappa shape index (κ3) is 4.64. The molecule has 0 aliphatic heterocycles. The molecular formula is C29H29NO4. The summed E-state index contributed by atoms with van der Waals surface area (Å²) in [6.45, 7) is 9.80. The maximum absolute atomic E-state index is 10.1. The first-order chi connectivity index (χ1) is 16.1. The molecular weight excluding hydrogens is 426 g/mol. The molecule has 5 heteroatoms. The van der Waals surface area contributed by atoms with Crippen LogP contribution in [0.1, 0.15) is 27.8 Å². The minimum absolute atomic E-state index is 0.161. The van der Waals surface area contributed by atoms with Gasteiger partial charge in [0, 0.05) is 11.8 Å². The lowest BCUT2D eigenvalue weighted by Gasteiger charge is -2.31. The second kappa shape index (κ2) is 9.02. The number of anilines is 3. The zero-order valence-electron chi connectivity index (χ0n) is 20.0. The van der Waals surface area contributed by atoms with Gasteiger partial charge in [0.2, 0.25) is 0 Å². The predicted octanol–water partition coefficient (Wildman–Crippen LogP) is 7.61. The topological polar surface area (TPSA) is 73.2 Å². The normalized spacial score (nSPS) is 10.9. The average molecular weight is 456 g/mol. The fraction of sp³-hybridized carbons (Fsp3) is 0.172. The first-order valence-corrected chi connectivity index (χ1v) is 11.1. The monoisotopic (exact) mass is 455 g/mol. The molecule has 4 rings (SSSR count). The third-order valence-electron chi connectivity index (χ3n) is 5.77. The van der Waals surface area contributed by atoms with Crippen molar-refractivity contribution >= 4 is 17.1 Å². The van der Waals surface area contributed by atoms with E-state index in [4.69, 9.17) is 4.74 Å². The van der Waals surface area contributed by atoms with Gasteiger partial charge in [-0.3, -0.25) is 0 Å². The van der Waals surface area contributed by atoms with Crippen molar-refractivity contribution in [3.63, 3.8) is 0 Å². The van der Waals surface area contributed by atoms with Crippen LogP contribution in [0, 0.1) is 34.6 Å². The predicted molar refractivity (Wildman–Crippen MR) is 136 cm³/mol. The van der Waals surface area contributed by atoms with Gasteiger partial charge in [-0.25, -0.2) is 0 Å². The van der Waals surface area contributed by atoms with Crippen LogP contribution >= 0.6 is 0 Å². The molecule has 0 aromatic heterocycles. The highest BCUT2D eigenvalue weighted by molar-refractivity contribution is 5.84. The maximum Gasteiger partial charge on any atom is 0.131 e. The van der Waals surface area contributed by atoms with E-state index in [-0.39, 0.29) is 17.2 Å². The lowest BCUT2D eigenvalue weighted by molar-refractivity contribution is 0.454. The minimum Gasteiger partial charge on any atom is -0.508 e. The summed E-state index contributed by atoms with van der Waals surface area (Å²) in [5.74, 6) is 1.82.